The van der Waals surface area contributed by atoms with Gasteiger partial charge in [-0.2, -0.15) is 5.26 Å². The van der Waals surface area contributed by atoms with Gasteiger partial charge < -0.3 is 4.90 Å². The van der Waals surface area contributed by atoms with E-state index in [-0.39, 0.29) is 0 Å². The molecular weight excluding hydrogens is 254 g/mol. The summed E-state index contributed by atoms with van der Waals surface area (Å²) in [6.07, 6.45) is 5.56. The summed E-state index contributed by atoms with van der Waals surface area (Å²) in [4.78, 5) is 7.12. The Hall–Kier alpha value is -1.99. The molecule has 2 rings (SSSR count). The van der Waals surface area contributed by atoms with Gasteiger partial charge in [-0.05, 0) is 36.1 Å². The first-order chi connectivity index (χ1) is 9.26. The van der Waals surface area contributed by atoms with E-state index in [1.165, 1.54) is 5.56 Å². The van der Waals surface area contributed by atoms with E-state index in [1.54, 1.807) is 24.2 Å². The first-order valence-corrected chi connectivity index (χ1v) is 7.16. The van der Waals surface area contributed by atoms with Crippen molar-refractivity contribution in [2.24, 2.45) is 0 Å². The lowest BCUT2D eigenvalue weighted by Crippen LogP contribution is -2.17. The van der Waals surface area contributed by atoms with Crippen LogP contribution in [-0.2, 0) is 6.54 Å². The zero-order valence-electron chi connectivity index (χ0n) is 11.0. The van der Waals surface area contributed by atoms with E-state index in [4.69, 9.17) is 0 Å². The van der Waals surface area contributed by atoms with E-state index < -0.39 is 0 Å². The molecule has 0 radical (unpaired) electrons. The van der Waals surface area contributed by atoms with E-state index in [9.17, 15) is 5.26 Å². The highest BCUT2D eigenvalue weighted by molar-refractivity contribution is 7.98. The van der Waals surface area contributed by atoms with Crippen molar-refractivity contribution in [3.05, 3.63) is 53.9 Å². The highest BCUT2D eigenvalue weighted by Gasteiger charge is 2.11. The van der Waals surface area contributed by atoms with Crippen LogP contribution in [0.1, 0.15) is 11.1 Å². The number of pyridine rings is 1. The van der Waals surface area contributed by atoms with Crippen LogP contribution in [0.5, 0.6) is 0 Å². The van der Waals surface area contributed by atoms with Crippen molar-refractivity contribution in [1.29, 1.82) is 5.26 Å². The van der Waals surface area contributed by atoms with E-state index in [0.717, 1.165) is 22.7 Å². The zero-order valence-corrected chi connectivity index (χ0v) is 11.8. The zero-order chi connectivity index (χ0) is 13.7. The van der Waals surface area contributed by atoms with Gasteiger partial charge in [0.15, 0.2) is 0 Å². The summed E-state index contributed by atoms with van der Waals surface area (Å²) in [7, 11) is 2.00. The number of nitriles is 1. The smallest absolute Gasteiger partial charge is 0.103 e. The van der Waals surface area contributed by atoms with E-state index in [2.05, 4.69) is 16.0 Å². The molecule has 1 aromatic heterocycles. The average molecular weight is 269 g/mol. The minimum Gasteiger partial charge on any atom is -0.369 e. The fraction of sp³-hybridized carbons (Fsp3) is 0.200. The molecule has 0 N–H and O–H groups in total. The van der Waals surface area contributed by atoms with Crippen LogP contribution in [0.25, 0.3) is 0 Å². The molecule has 96 valence electrons. The van der Waals surface area contributed by atoms with Crippen LogP contribution >= 0.6 is 11.8 Å². The lowest BCUT2D eigenvalue weighted by molar-refractivity contribution is 0.914. The Kier molecular flexibility index (Phi) is 4.43. The van der Waals surface area contributed by atoms with Gasteiger partial charge in [-0.3, -0.25) is 4.98 Å². The average Bonchev–Trinajstić information content (AvgIpc) is 2.47. The molecule has 0 aliphatic heterocycles. The summed E-state index contributed by atoms with van der Waals surface area (Å²) in [6, 6.07) is 12.2. The molecule has 1 aromatic carbocycles. The molecule has 0 unspecified atom stereocenters. The third kappa shape index (κ3) is 3.07. The molecule has 0 aliphatic rings. The first-order valence-electron chi connectivity index (χ1n) is 5.93. The molecule has 0 aliphatic carbocycles. The molecule has 0 fully saturated rings. The molecule has 0 bridgehead atoms. The lowest BCUT2D eigenvalue weighted by Gasteiger charge is -2.21. The molecule has 0 saturated carbocycles. The largest absolute Gasteiger partial charge is 0.369 e. The second-order valence-electron chi connectivity index (χ2n) is 4.18. The lowest BCUT2D eigenvalue weighted by atomic mass is 10.1. The van der Waals surface area contributed by atoms with Crippen LogP contribution in [0, 0.1) is 11.3 Å². The predicted octanol–water partition coefficient (Wildman–Crippen LogP) is 3.31. The van der Waals surface area contributed by atoms with Gasteiger partial charge in [0.1, 0.15) is 6.07 Å². The summed E-state index contributed by atoms with van der Waals surface area (Å²) in [5.41, 5.74) is 2.88. The fourth-order valence-corrected chi connectivity index (χ4v) is 2.54. The van der Waals surface area contributed by atoms with Crippen LogP contribution in [0.3, 0.4) is 0 Å². The number of anilines is 1. The van der Waals surface area contributed by atoms with E-state index in [1.807, 2.05) is 43.6 Å². The standard InChI is InChI=1S/C15H15N3S/c1-18(11-12-6-8-17-9-7-12)14-4-3-5-15(19-2)13(14)10-16/h3-9H,11H2,1-2H3. The summed E-state index contributed by atoms with van der Waals surface area (Å²) in [5, 5.41) is 9.35. The molecule has 0 atom stereocenters. The Morgan fingerprint density at radius 1 is 1.26 bits per heavy atom. The van der Waals surface area contributed by atoms with Gasteiger partial charge in [0.25, 0.3) is 0 Å². The molecule has 2 aromatic rings. The highest BCUT2D eigenvalue weighted by Crippen LogP contribution is 2.29. The van der Waals surface area contributed by atoms with Gasteiger partial charge >= 0.3 is 0 Å². The van der Waals surface area contributed by atoms with Gasteiger partial charge in [-0.25, -0.2) is 0 Å². The minimum atomic E-state index is 0.742. The Labute approximate surface area is 117 Å². The van der Waals surface area contributed by atoms with Crippen LogP contribution in [0.4, 0.5) is 5.69 Å². The molecule has 0 amide bonds. The SMILES string of the molecule is CSc1cccc(N(C)Cc2ccncc2)c1C#N. The van der Waals surface area contributed by atoms with Gasteiger partial charge in [0.2, 0.25) is 0 Å². The number of aromatic nitrogens is 1. The number of thioether (sulfide) groups is 1. The maximum atomic E-state index is 9.35. The van der Waals surface area contributed by atoms with Gasteiger partial charge in [0.05, 0.1) is 11.3 Å². The van der Waals surface area contributed by atoms with Crippen molar-refractivity contribution < 1.29 is 0 Å². The third-order valence-electron chi connectivity index (χ3n) is 2.92. The van der Waals surface area contributed by atoms with Crippen molar-refractivity contribution in [2.45, 2.75) is 11.4 Å². The molecule has 0 saturated heterocycles. The Bertz CT molecular complexity index is 590. The molecule has 1 heterocycles. The van der Waals surface area contributed by atoms with Gasteiger partial charge in [-0.1, -0.05) is 6.07 Å². The number of nitrogens with zero attached hydrogens (tertiary/aromatic N) is 3. The molecule has 0 spiro atoms. The van der Waals surface area contributed by atoms with Crippen molar-refractivity contribution in [3.63, 3.8) is 0 Å². The quantitative estimate of drug-likeness (QED) is 0.798. The second kappa shape index (κ2) is 6.26. The van der Waals surface area contributed by atoms with E-state index >= 15 is 0 Å². The van der Waals surface area contributed by atoms with Crippen molar-refractivity contribution in [1.82, 2.24) is 4.98 Å². The minimum absolute atomic E-state index is 0.742. The van der Waals surface area contributed by atoms with Crippen LogP contribution < -0.4 is 4.90 Å². The molecular formula is C15H15N3S. The molecule has 4 heteroatoms. The van der Waals surface area contributed by atoms with E-state index in [0.29, 0.717) is 0 Å². The summed E-state index contributed by atoms with van der Waals surface area (Å²) in [5.74, 6) is 0. The van der Waals surface area contributed by atoms with Crippen LogP contribution in [0.15, 0.2) is 47.6 Å². The topological polar surface area (TPSA) is 39.9 Å². The maximum absolute atomic E-state index is 9.35. The van der Waals surface area contributed by atoms with Crippen molar-refractivity contribution in [3.8, 4) is 6.07 Å². The van der Waals surface area contributed by atoms with Crippen molar-refractivity contribution >= 4 is 17.4 Å². The Balaban J connectivity index is 2.29. The summed E-state index contributed by atoms with van der Waals surface area (Å²) >= 11 is 1.60. The Morgan fingerprint density at radius 3 is 2.63 bits per heavy atom. The highest BCUT2D eigenvalue weighted by atomic mass is 32.2. The number of hydrogen-bond donors (Lipinski definition) is 0. The second-order valence-corrected chi connectivity index (χ2v) is 5.03. The van der Waals surface area contributed by atoms with Crippen LogP contribution in [-0.4, -0.2) is 18.3 Å². The summed E-state index contributed by atoms with van der Waals surface area (Å²) in [6.45, 7) is 0.759. The number of hydrogen-bond acceptors (Lipinski definition) is 4. The summed E-state index contributed by atoms with van der Waals surface area (Å²) < 4.78 is 0. The first kappa shape index (κ1) is 13.4. The molecule has 3 nitrogen and oxygen atoms in total. The molecule has 19 heavy (non-hydrogen) atoms. The number of rotatable bonds is 4. The third-order valence-corrected chi connectivity index (χ3v) is 3.70. The van der Waals surface area contributed by atoms with Crippen molar-refractivity contribution in [2.75, 3.05) is 18.2 Å². The fourth-order valence-electron chi connectivity index (χ4n) is 1.97. The normalized spacial score (nSPS) is 9.95. The maximum Gasteiger partial charge on any atom is 0.103 e. The Morgan fingerprint density at radius 2 is 2.00 bits per heavy atom. The predicted molar refractivity (Wildman–Crippen MR) is 79.3 cm³/mol. The monoisotopic (exact) mass is 269 g/mol. The van der Waals surface area contributed by atoms with Gasteiger partial charge in [0, 0.05) is 30.9 Å². The number of benzene rings is 1. The van der Waals surface area contributed by atoms with Crippen LogP contribution in [0.2, 0.25) is 0 Å². The van der Waals surface area contributed by atoms with Gasteiger partial charge in [-0.15, -0.1) is 11.8 Å².